The Morgan fingerprint density at radius 2 is 2.00 bits per heavy atom. The Morgan fingerprint density at radius 3 is 2.64 bits per heavy atom. The summed E-state index contributed by atoms with van der Waals surface area (Å²) in [5.41, 5.74) is 2.01. The van der Waals surface area contributed by atoms with E-state index in [1.54, 1.807) is 4.90 Å². The lowest BCUT2D eigenvalue weighted by Crippen LogP contribution is -2.47. The molecule has 1 atom stereocenters. The molecule has 2 heterocycles. The van der Waals surface area contributed by atoms with Crippen LogP contribution in [0.25, 0.3) is 0 Å². The Labute approximate surface area is 128 Å². The maximum atomic E-state index is 12.2. The number of nitrogens with one attached hydrogen (secondary N) is 1. The Kier molecular flexibility index (Phi) is 3.75. The summed E-state index contributed by atoms with van der Waals surface area (Å²) in [6.07, 6.45) is 0. The van der Waals surface area contributed by atoms with Crippen molar-refractivity contribution in [2.75, 3.05) is 19.8 Å². The third kappa shape index (κ3) is 2.30. The van der Waals surface area contributed by atoms with E-state index >= 15 is 0 Å². The monoisotopic (exact) mass is 302 g/mol. The van der Waals surface area contributed by atoms with Crippen LogP contribution in [0.5, 0.6) is 5.75 Å². The fraction of sp³-hybridized carbons (Fsp3) is 0.375. The zero-order valence-electron chi connectivity index (χ0n) is 12.6. The molecule has 2 aliphatic heterocycles. The highest BCUT2D eigenvalue weighted by atomic mass is 16.5. The van der Waals surface area contributed by atoms with Crippen LogP contribution in [0.3, 0.4) is 0 Å². The molecule has 0 unspecified atom stereocenters. The van der Waals surface area contributed by atoms with Crippen LogP contribution in [0.2, 0.25) is 0 Å². The molecule has 1 N–H and O–H groups in total. The minimum Gasteiger partial charge on any atom is -0.494 e. The maximum Gasteiger partial charge on any atom is 0.338 e. The smallest absolute Gasteiger partial charge is 0.338 e. The summed E-state index contributed by atoms with van der Waals surface area (Å²) in [5, 5.41) is 2.87. The molecule has 0 bridgehead atoms. The van der Waals surface area contributed by atoms with E-state index in [2.05, 4.69) is 5.32 Å². The number of hydrogen-bond donors (Lipinski definition) is 1. The minimum absolute atomic E-state index is 0.156. The van der Waals surface area contributed by atoms with Crippen LogP contribution in [-0.4, -0.2) is 36.7 Å². The highest BCUT2D eigenvalue weighted by molar-refractivity contribution is 5.97. The van der Waals surface area contributed by atoms with Crippen LogP contribution in [0.15, 0.2) is 35.5 Å². The normalized spacial score (nSPS) is 20.6. The lowest BCUT2D eigenvalue weighted by Gasteiger charge is -2.32. The number of likely N-dealkylation sites (N-methyl/N-ethyl adjacent to an activating group) is 1. The molecule has 2 amide bonds. The van der Waals surface area contributed by atoms with Crippen molar-refractivity contribution >= 4 is 12.0 Å². The molecule has 1 aromatic rings. The molecule has 0 saturated heterocycles. The number of amides is 2. The summed E-state index contributed by atoms with van der Waals surface area (Å²) in [7, 11) is 0. The first-order valence-electron chi connectivity index (χ1n) is 7.36. The molecular weight excluding hydrogens is 284 g/mol. The molecule has 0 aliphatic carbocycles. The summed E-state index contributed by atoms with van der Waals surface area (Å²) in [6.45, 7) is 5.03. The Balaban J connectivity index is 1.97. The number of carbonyl (C=O) groups excluding carboxylic acids is 2. The van der Waals surface area contributed by atoms with Crippen molar-refractivity contribution in [3.8, 4) is 5.75 Å². The number of nitrogens with zero attached hydrogens (tertiary/aromatic N) is 1. The van der Waals surface area contributed by atoms with Gasteiger partial charge in [0.15, 0.2) is 0 Å². The van der Waals surface area contributed by atoms with Gasteiger partial charge in [-0.25, -0.2) is 9.59 Å². The number of rotatable bonds is 4. The van der Waals surface area contributed by atoms with Gasteiger partial charge in [-0.1, -0.05) is 12.1 Å². The van der Waals surface area contributed by atoms with E-state index in [9.17, 15) is 9.59 Å². The molecule has 3 rings (SSSR count). The van der Waals surface area contributed by atoms with Gasteiger partial charge in [0.1, 0.15) is 12.4 Å². The van der Waals surface area contributed by atoms with Crippen molar-refractivity contribution in [2.45, 2.75) is 19.9 Å². The number of urea groups is 1. The molecule has 6 heteroatoms. The second-order valence-electron chi connectivity index (χ2n) is 5.07. The second kappa shape index (κ2) is 5.71. The van der Waals surface area contributed by atoms with Crippen LogP contribution in [0.4, 0.5) is 4.79 Å². The van der Waals surface area contributed by atoms with Gasteiger partial charge in [0.2, 0.25) is 0 Å². The highest BCUT2D eigenvalue weighted by Crippen LogP contribution is 2.35. The fourth-order valence-corrected chi connectivity index (χ4v) is 2.82. The summed E-state index contributed by atoms with van der Waals surface area (Å²) in [6, 6.07) is 6.69. The maximum absolute atomic E-state index is 12.2. The first kappa shape index (κ1) is 14.4. The number of esters is 1. The van der Waals surface area contributed by atoms with Crippen molar-refractivity contribution in [1.29, 1.82) is 0 Å². The van der Waals surface area contributed by atoms with Crippen molar-refractivity contribution in [2.24, 2.45) is 0 Å². The molecule has 0 aromatic heterocycles. The molecule has 0 spiro atoms. The number of cyclic esters (lactones) is 1. The quantitative estimate of drug-likeness (QED) is 0.864. The van der Waals surface area contributed by atoms with E-state index in [-0.39, 0.29) is 18.6 Å². The lowest BCUT2D eigenvalue weighted by molar-refractivity contribution is -0.136. The molecule has 116 valence electrons. The SMILES string of the molecule is CCOc1ccc([C@H]2NC(=O)N(CC)C3=C2C(=O)OC3)cc1. The number of hydrogen-bond acceptors (Lipinski definition) is 4. The van der Waals surface area contributed by atoms with Crippen molar-refractivity contribution < 1.29 is 19.1 Å². The summed E-state index contributed by atoms with van der Waals surface area (Å²) < 4.78 is 10.5. The van der Waals surface area contributed by atoms with Gasteiger partial charge in [-0.05, 0) is 31.5 Å². The van der Waals surface area contributed by atoms with Crippen LogP contribution < -0.4 is 10.1 Å². The van der Waals surface area contributed by atoms with Gasteiger partial charge in [-0.15, -0.1) is 0 Å². The van der Waals surface area contributed by atoms with E-state index in [0.29, 0.717) is 24.4 Å². The van der Waals surface area contributed by atoms with Gasteiger partial charge < -0.3 is 14.8 Å². The topological polar surface area (TPSA) is 67.9 Å². The van der Waals surface area contributed by atoms with Crippen molar-refractivity contribution in [3.05, 3.63) is 41.1 Å². The largest absolute Gasteiger partial charge is 0.494 e. The average Bonchev–Trinajstić information content (AvgIpc) is 2.90. The molecule has 1 aromatic carbocycles. The van der Waals surface area contributed by atoms with Crippen LogP contribution in [0.1, 0.15) is 25.5 Å². The Bertz CT molecular complexity index is 636. The van der Waals surface area contributed by atoms with E-state index in [1.165, 1.54) is 0 Å². The van der Waals surface area contributed by atoms with Gasteiger partial charge in [-0.2, -0.15) is 0 Å². The first-order chi connectivity index (χ1) is 10.7. The zero-order chi connectivity index (χ0) is 15.7. The van der Waals surface area contributed by atoms with E-state index in [4.69, 9.17) is 9.47 Å². The zero-order valence-corrected chi connectivity index (χ0v) is 12.6. The standard InChI is InChI=1S/C16H18N2O4/c1-3-18-12-9-22-15(19)13(12)14(17-16(18)20)10-5-7-11(8-6-10)21-4-2/h5-8,14H,3-4,9H2,1-2H3,(H,17,20)/t14-/m1/s1. The Morgan fingerprint density at radius 1 is 1.27 bits per heavy atom. The van der Waals surface area contributed by atoms with Crippen LogP contribution >= 0.6 is 0 Å². The second-order valence-corrected chi connectivity index (χ2v) is 5.07. The molecule has 0 saturated carbocycles. The third-order valence-corrected chi connectivity index (χ3v) is 3.84. The number of carbonyl (C=O) groups is 2. The molecule has 0 radical (unpaired) electrons. The van der Waals surface area contributed by atoms with E-state index in [0.717, 1.165) is 11.3 Å². The average molecular weight is 302 g/mol. The molecule has 0 fully saturated rings. The summed E-state index contributed by atoms with van der Waals surface area (Å²) in [4.78, 5) is 25.8. The highest BCUT2D eigenvalue weighted by Gasteiger charge is 2.41. The molecule has 2 aliphatic rings. The summed E-state index contributed by atoms with van der Waals surface area (Å²) >= 11 is 0. The summed E-state index contributed by atoms with van der Waals surface area (Å²) in [5.74, 6) is 0.388. The fourth-order valence-electron chi connectivity index (χ4n) is 2.82. The lowest BCUT2D eigenvalue weighted by atomic mass is 9.95. The van der Waals surface area contributed by atoms with Gasteiger partial charge in [0.05, 0.1) is 23.9 Å². The van der Waals surface area contributed by atoms with Gasteiger partial charge in [0.25, 0.3) is 0 Å². The third-order valence-electron chi connectivity index (χ3n) is 3.84. The predicted octanol–water partition coefficient (Wildman–Crippen LogP) is 1.98. The Hall–Kier alpha value is -2.50. The van der Waals surface area contributed by atoms with Gasteiger partial charge in [0, 0.05) is 6.54 Å². The van der Waals surface area contributed by atoms with Gasteiger partial charge >= 0.3 is 12.0 Å². The van der Waals surface area contributed by atoms with Crippen molar-refractivity contribution in [1.82, 2.24) is 10.2 Å². The number of ether oxygens (including phenoxy) is 2. The van der Waals surface area contributed by atoms with E-state index in [1.807, 2.05) is 38.1 Å². The van der Waals surface area contributed by atoms with Gasteiger partial charge in [-0.3, -0.25) is 4.90 Å². The van der Waals surface area contributed by atoms with Crippen LogP contribution in [-0.2, 0) is 9.53 Å². The first-order valence-corrected chi connectivity index (χ1v) is 7.36. The number of benzene rings is 1. The molecule has 6 nitrogen and oxygen atoms in total. The van der Waals surface area contributed by atoms with Crippen LogP contribution in [0, 0.1) is 0 Å². The predicted molar refractivity (Wildman–Crippen MR) is 79.2 cm³/mol. The molecular formula is C16H18N2O4. The van der Waals surface area contributed by atoms with Crippen molar-refractivity contribution in [3.63, 3.8) is 0 Å². The van der Waals surface area contributed by atoms with E-state index < -0.39 is 6.04 Å². The minimum atomic E-state index is -0.476. The molecule has 22 heavy (non-hydrogen) atoms.